The molecule has 0 spiro atoms. The summed E-state index contributed by atoms with van der Waals surface area (Å²) in [4.78, 5) is 30.9. The lowest BCUT2D eigenvalue weighted by Crippen LogP contribution is -2.39. The Hall–Kier alpha value is -2.09. The Morgan fingerprint density at radius 1 is 1.44 bits per heavy atom. The number of amides is 1. The van der Waals surface area contributed by atoms with E-state index in [1.54, 1.807) is 10.9 Å². The molecule has 3 heterocycles. The van der Waals surface area contributed by atoms with Gasteiger partial charge >= 0.3 is 5.97 Å². The van der Waals surface area contributed by atoms with Crippen LogP contribution in [0.3, 0.4) is 0 Å². The number of likely N-dealkylation sites (tertiary alicyclic amines) is 1. The molecule has 25 heavy (non-hydrogen) atoms. The van der Waals surface area contributed by atoms with Gasteiger partial charge in [-0.3, -0.25) is 14.3 Å². The average molecular weight is 362 g/mol. The Morgan fingerprint density at radius 3 is 2.76 bits per heavy atom. The molecule has 0 N–H and O–H groups in total. The largest absolute Gasteiger partial charge is 0.466 e. The van der Waals surface area contributed by atoms with Crippen LogP contribution in [0.2, 0.25) is 0 Å². The Bertz CT molecular complexity index is 745. The van der Waals surface area contributed by atoms with Gasteiger partial charge in [0.25, 0.3) is 5.91 Å². The Morgan fingerprint density at radius 2 is 2.16 bits per heavy atom. The van der Waals surface area contributed by atoms with Crippen molar-refractivity contribution in [1.29, 1.82) is 0 Å². The molecule has 0 saturated carbocycles. The van der Waals surface area contributed by atoms with Crippen molar-refractivity contribution in [2.75, 3.05) is 19.7 Å². The summed E-state index contributed by atoms with van der Waals surface area (Å²) in [5.41, 5.74) is 1.93. The number of aromatic nitrogens is 2. The highest BCUT2D eigenvalue weighted by Crippen LogP contribution is 2.32. The molecule has 1 aromatic rings. The fourth-order valence-electron chi connectivity index (χ4n) is 2.90. The SMILES string of the molecule is CCOC(=O)C1CCN(C2=NC(=O)C(=Cc3cnn(C)c3C)S2)CC1. The van der Waals surface area contributed by atoms with E-state index in [0.29, 0.717) is 24.6 Å². The van der Waals surface area contributed by atoms with Gasteiger partial charge in [-0.05, 0) is 44.5 Å². The van der Waals surface area contributed by atoms with E-state index in [4.69, 9.17) is 4.74 Å². The highest BCUT2D eigenvalue weighted by molar-refractivity contribution is 8.18. The molecule has 0 aliphatic carbocycles. The Balaban J connectivity index is 1.62. The van der Waals surface area contributed by atoms with Crippen molar-refractivity contribution in [2.45, 2.75) is 26.7 Å². The third-order valence-electron chi connectivity index (χ3n) is 4.55. The average Bonchev–Trinajstić information content (AvgIpc) is 3.13. The molecule has 1 fully saturated rings. The lowest BCUT2D eigenvalue weighted by atomic mass is 9.97. The van der Waals surface area contributed by atoms with Crippen molar-refractivity contribution >= 4 is 34.9 Å². The zero-order valence-corrected chi connectivity index (χ0v) is 15.5. The third kappa shape index (κ3) is 3.78. The van der Waals surface area contributed by atoms with Gasteiger partial charge < -0.3 is 9.64 Å². The predicted molar refractivity (Wildman–Crippen MR) is 96.9 cm³/mol. The van der Waals surface area contributed by atoms with Gasteiger partial charge in [0.1, 0.15) is 0 Å². The summed E-state index contributed by atoms with van der Waals surface area (Å²) < 4.78 is 6.87. The molecule has 0 atom stereocenters. The predicted octanol–water partition coefficient (Wildman–Crippen LogP) is 1.97. The number of piperidine rings is 1. The van der Waals surface area contributed by atoms with Crippen LogP contribution in [0.25, 0.3) is 6.08 Å². The normalized spacial score (nSPS) is 20.3. The van der Waals surface area contributed by atoms with E-state index in [2.05, 4.69) is 15.0 Å². The van der Waals surface area contributed by atoms with Crippen LogP contribution >= 0.6 is 11.8 Å². The number of ether oxygens (including phenoxy) is 1. The van der Waals surface area contributed by atoms with Crippen molar-refractivity contribution < 1.29 is 14.3 Å². The van der Waals surface area contributed by atoms with Gasteiger partial charge in [0.2, 0.25) is 0 Å². The lowest BCUT2D eigenvalue weighted by Gasteiger charge is -2.31. The zero-order valence-electron chi connectivity index (χ0n) is 14.7. The van der Waals surface area contributed by atoms with Gasteiger partial charge in [-0.2, -0.15) is 10.1 Å². The van der Waals surface area contributed by atoms with Gasteiger partial charge in [-0.15, -0.1) is 0 Å². The Labute approximate surface area is 151 Å². The van der Waals surface area contributed by atoms with Gasteiger partial charge in [0, 0.05) is 31.4 Å². The van der Waals surface area contributed by atoms with E-state index in [1.807, 2.05) is 27.0 Å². The van der Waals surface area contributed by atoms with E-state index >= 15 is 0 Å². The van der Waals surface area contributed by atoms with Crippen LogP contribution in [0.15, 0.2) is 16.1 Å². The summed E-state index contributed by atoms with van der Waals surface area (Å²) in [5.74, 6) is -0.380. The van der Waals surface area contributed by atoms with Gasteiger partial charge in [-0.1, -0.05) is 0 Å². The Kier molecular flexibility index (Phi) is 5.27. The first-order valence-electron chi connectivity index (χ1n) is 8.42. The summed E-state index contributed by atoms with van der Waals surface area (Å²) in [6.07, 6.45) is 5.05. The minimum absolute atomic E-state index is 0.0491. The second kappa shape index (κ2) is 7.43. The van der Waals surface area contributed by atoms with Crippen molar-refractivity contribution in [2.24, 2.45) is 18.0 Å². The highest BCUT2D eigenvalue weighted by atomic mass is 32.2. The minimum atomic E-state index is -0.212. The number of aliphatic imine (C=N–C) groups is 1. The smallest absolute Gasteiger partial charge is 0.309 e. The summed E-state index contributed by atoms with van der Waals surface area (Å²) in [6.45, 7) is 5.62. The quantitative estimate of drug-likeness (QED) is 0.604. The molecule has 7 nitrogen and oxygen atoms in total. The van der Waals surface area contributed by atoms with Crippen molar-refractivity contribution in [1.82, 2.24) is 14.7 Å². The van der Waals surface area contributed by atoms with E-state index in [9.17, 15) is 9.59 Å². The fraction of sp³-hybridized carbons (Fsp3) is 0.529. The minimum Gasteiger partial charge on any atom is -0.466 e. The maximum atomic E-state index is 12.2. The summed E-state index contributed by atoms with van der Waals surface area (Å²) in [6, 6.07) is 0. The second-order valence-corrected chi connectivity index (χ2v) is 7.14. The molecular weight excluding hydrogens is 340 g/mol. The molecule has 0 radical (unpaired) electrons. The van der Waals surface area contributed by atoms with Crippen LogP contribution < -0.4 is 0 Å². The number of rotatable bonds is 3. The topological polar surface area (TPSA) is 76.8 Å². The molecule has 8 heteroatoms. The van der Waals surface area contributed by atoms with Crippen LogP contribution in [0.5, 0.6) is 0 Å². The van der Waals surface area contributed by atoms with Crippen LogP contribution in [-0.4, -0.2) is 51.4 Å². The van der Waals surface area contributed by atoms with Gasteiger partial charge in [0.05, 0.1) is 23.6 Å². The number of carbonyl (C=O) groups excluding carboxylic acids is 2. The van der Waals surface area contributed by atoms with E-state index in [1.165, 1.54) is 11.8 Å². The molecule has 1 aromatic heterocycles. The van der Waals surface area contributed by atoms with Gasteiger partial charge in [-0.25, -0.2) is 0 Å². The first kappa shape index (κ1) is 17.7. The molecule has 3 rings (SSSR count). The number of carbonyl (C=O) groups is 2. The number of hydrogen-bond acceptors (Lipinski definition) is 6. The molecule has 1 amide bonds. The standard InChI is InChI=1S/C17H22N4O3S/c1-4-24-16(23)12-5-7-21(8-6-12)17-19-15(22)14(25-17)9-13-10-18-20(3)11(13)2/h9-10,12H,4-8H2,1-3H3. The van der Waals surface area contributed by atoms with E-state index in [-0.39, 0.29) is 17.8 Å². The maximum absolute atomic E-state index is 12.2. The highest BCUT2D eigenvalue weighted by Gasteiger charge is 2.31. The third-order valence-corrected chi connectivity index (χ3v) is 5.60. The number of esters is 1. The van der Waals surface area contributed by atoms with Crippen molar-refractivity contribution in [3.05, 3.63) is 22.4 Å². The lowest BCUT2D eigenvalue weighted by molar-refractivity contribution is -0.149. The molecular formula is C17H22N4O3S. The zero-order chi connectivity index (χ0) is 18.0. The molecule has 0 bridgehead atoms. The van der Waals surface area contributed by atoms with Crippen molar-refractivity contribution in [3.8, 4) is 0 Å². The van der Waals surface area contributed by atoms with Gasteiger partial charge in [0.15, 0.2) is 5.17 Å². The molecule has 2 aliphatic heterocycles. The summed E-state index contributed by atoms with van der Waals surface area (Å²) in [5, 5.41) is 4.91. The molecule has 134 valence electrons. The number of hydrogen-bond donors (Lipinski definition) is 0. The number of thioether (sulfide) groups is 1. The number of aryl methyl sites for hydroxylation is 1. The molecule has 0 unspecified atom stereocenters. The number of amidine groups is 1. The first-order chi connectivity index (χ1) is 12.0. The van der Waals surface area contributed by atoms with E-state index < -0.39 is 0 Å². The summed E-state index contributed by atoms with van der Waals surface area (Å²) >= 11 is 1.39. The summed E-state index contributed by atoms with van der Waals surface area (Å²) in [7, 11) is 1.87. The van der Waals surface area contributed by atoms with Crippen LogP contribution in [-0.2, 0) is 21.4 Å². The maximum Gasteiger partial charge on any atom is 0.309 e. The number of nitrogens with zero attached hydrogens (tertiary/aromatic N) is 4. The van der Waals surface area contributed by atoms with Crippen LogP contribution in [0.1, 0.15) is 31.0 Å². The van der Waals surface area contributed by atoms with Crippen LogP contribution in [0, 0.1) is 12.8 Å². The van der Waals surface area contributed by atoms with E-state index in [0.717, 1.165) is 29.3 Å². The molecule has 1 saturated heterocycles. The first-order valence-corrected chi connectivity index (χ1v) is 9.24. The fourth-order valence-corrected chi connectivity index (χ4v) is 3.85. The molecule has 2 aliphatic rings. The second-order valence-electron chi connectivity index (χ2n) is 6.13. The monoisotopic (exact) mass is 362 g/mol. The molecule has 0 aromatic carbocycles. The van der Waals surface area contributed by atoms with Crippen LogP contribution in [0.4, 0.5) is 0 Å². The van der Waals surface area contributed by atoms with Crippen molar-refractivity contribution in [3.63, 3.8) is 0 Å².